The normalized spacial score (nSPS) is 17.4. The monoisotopic (exact) mass is 354 g/mol. The fourth-order valence-corrected chi connectivity index (χ4v) is 3.51. The number of anilines is 1. The highest BCUT2D eigenvalue weighted by Crippen LogP contribution is 2.33. The van der Waals surface area contributed by atoms with E-state index in [9.17, 15) is 4.79 Å². The Morgan fingerprint density at radius 3 is 2.92 bits per heavy atom. The van der Waals surface area contributed by atoms with Gasteiger partial charge in [-0.2, -0.15) is 0 Å². The maximum absolute atomic E-state index is 12.4. The largest absolute Gasteiger partial charge is 0.347 e. The summed E-state index contributed by atoms with van der Waals surface area (Å²) < 4.78 is 0. The van der Waals surface area contributed by atoms with Crippen molar-refractivity contribution in [1.82, 2.24) is 25.2 Å². The third-order valence-corrected chi connectivity index (χ3v) is 4.70. The Kier molecular flexibility index (Phi) is 5.35. The molecule has 0 bridgehead atoms. The number of likely N-dealkylation sites (tertiary alicyclic amines) is 1. The summed E-state index contributed by atoms with van der Waals surface area (Å²) in [6, 6.07) is 0.124. The van der Waals surface area contributed by atoms with E-state index in [1.165, 1.54) is 0 Å². The number of nitrogens with zero attached hydrogens (tertiary/aromatic N) is 4. The molecule has 7 heteroatoms. The summed E-state index contributed by atoms with van der Waals surface area (Å²) in [6.07, 6.45) is 6.92. The van der Waals surface area contributed by atoms with Crippen molar-refractivity contribution in [3.63, 3.8) is 0 Å². The van der Waals surface area contributed by atoms with Gasteiger partial charge in [0, 0.05) is 36.0 Å². The molecule has 2 N–H and O–H groups in total. The Morgan fingerprint density at radius 1 is 1.38 bits per heavy atom. The topological polar surface area (TPSA) is 83.0 Å². The lowest BCUT2D eigenvalue weighted by Gasteiger charge is -2.33. The molecule has 1 fully saturated rings. The van der Waals surface area contributed by atoms with E-state index in [1.807, 2.05) is 25.7 Å². The summed E-state index contributed by atoms with van der Waals surface area (Å²) >= 11 is 0. The highest BCUT2D eigenvalue weighted by molar-refractivity contribution is 5.87. The van der Waals surface area contributed by atoms with Crippen molar-refractivity contribution in [1.29, 1.82) is 0 Å². The van der Waals surface area contributed by atoms with Gasteiger partial charge < -0.3 is 15.5 Å². The molecule has 0 aromatic carbocycles. The van der Waals surface area contributed by atoms with Crippen LogP contribution >= 0.6 is 0 Å². The first-order valence-electron chi connectivity index (χ1n) is 9.04. The average Bonchev–Trinajstić information content (AvgIpc) is 2.63. The zero-order valence-electron chi connectivity index (χ0n) is 15.6. The van der Waals surface area contributed by atoms with Crippen LogP contribution in [0.25, 0.3) is 10.9 Å². The minimum atomic E-state index is -0.00420. The van der Waals surface area contributed by atoms with E-state index in [0.717, 1.165) is 47.4 Å². The van der Waals surface area contributed by atoms with Gasteiger partial charge in [0.25, 0.3) is 0 Å². The van der Waals surface area contributed by atoms with Gasteiger partial charge in [0.15, 0.2) is 0 Å². The number of carbonyl (C=O) groups excluding carboxylic acids is 1. The molecule has 1 aliphatic rings. The standard InChI is InChI=1S/C19H26N6O/c1-5-20-18-13(4)16-15(9-21-18)22-11-23-17(16)14-7-6-8-25(10-14)19(26)24-12(2)3/h5,9,11-12,14H,1,6-8,10H2,2-4H3,(H,20,21)(H,24,26). The molecule has 0 radical (unpaired) electrons. The maximum Gasteiger partial charge on any atom is 0.317 e. The van der Waals surface area contributed by atoms with Crippen molar-refractivity contribution in [2.24, 2.45) is 0 Å². The van der Waals surface area contributed by atoms with Crippen LogP contribution in [-0.2, 0) is 0 Å². The number of hydrogen-bond donors (Lipinski definition) is 2. The smallest absolute Gasteiger partial charge is 0.317 e. The lowest BCUT2D eigenvalue weighted by molar-refractivity contribution is 0.177. The molecule has 1 unspecified atom stereocenters. The van der Waals surface area contributed by atoms with Gasteiger partial charge in [-0.25, -0.2) is 19.7 Å². The van der Waals surface area contributed by atoms with Crippen LogP contribution in [0.2, 0.25) is 0 Å². The number of aromatic nitrogens is 3. The van der Waals surface area contributed by atoms with Crippen molar-refractivity contribution in [2.75, 3.05) is 18.4 Å². The lowest BCUT2D eigenvalue weighted by Crippen LogP contribution is -2.47. The van der Waals surface area contributed by atoms with Crippen LogP contribution in [-0.4, -0.2) is 45.0 Å². The Morgan fingerprint density at radius 2 is 2.19 bits per heavy atom. The number of rotatable bonds is 4. The fourth-order valence-electron chi connectivity index (χ4n) is 3.51. The fraction of sp³-hybridized carbons (Fsp3) is 0.474. The van der Waals surface area contributed by atoms with E-state index < -0.39 is 0 Å². The second-order valence-corrected chi connectivity index (χ2v) is 6.99. The number of fused-ring (bicyclic) bond motifs is 1. The van der Waals surface area contributed by atoms with E-state index >= 15 is 0 Å². The molecule has 0 saturated carbocycles. The first-order chi connectivity index (χ1) is 12.5. The third kappa shape index (κ3) is 3.61. The molecular weight excluding hydrogens is 328 g/mol. The molecule has 1 atom stereocenters. The van der Waals surface area contributed by atoms with E-state index in [-0.39, 0.29) is 18.0 Å². The molecule has 26 heavy (non-hydrogen) atoms. The SMILES string of the molecule is C=CNc1ncc2ncnc(C3CCCN(C(=O)NC(C)C)C3)c2c1C. The van der Waals surface area contributed by atoms with E-state index in [1.54, 1.807) is 18.7 Å². The van der Waals surface area contributed by atoms with Gasteiger partial charge in [0.1, 0.15) is 12.1 Å². The van der Waals surface area contributed by atoms with Gasteiger partial charge in [0.2, 0.25) is 0 Å². The van der Waals surface area contributed by atoms with Crippen LogP contribution in [0.1, 0.15) is 43.9 Å². The Labute approximate surface area is 153 Å². The number of aryl methyl sites for hydroxylation is 1. The molecule has 3 rings (SSSR count). The Hall–Kier alpha value is -2.70. The molecule has 7 nitrogen and oxygen atoms in total. The second kappa shape index (κ2) is 7.68. The van der Waals surface area contributed by atoms with Crippen molar-refractivity contribution in [2.45, 2.75) is 45.6 Å². The quantitative estimate of drug-likeness (QED) is 0.881. The van der Waals surface area contributed by atoms with Crippen LogP contribution < -0.4 is 10.6 Å². The molecule has 0 aliphatic carbocycles. The van der Waals surface area contributed by atoms with Crippen LogP contribution in [0.3, 0.4) is 0 Å². The predicted molar refractivity (Wildman–Crippen MR) is 103 cm³/mol. The molecule has 0 spiro atoms. The third-order valence-electron chi connectivity index (χ3n) is 4.70. The van der Waals surface area contributed by atoms with Gasteiger partial charge in [-0.1, -0.05) is 6.58 Å². The average molecular weight is 354 g/mol. The maximum atomic E-state index is 12.4. The van der Waals surface area contributed by atoms with Gasteiger partial charge in [0.05, 0.1) is 17.4 Å². The number of urea groups is 1. The number of hydrogen-bond acceptors (Lipinski definition) is 5. The highest BCUT2D eigenvalue weighted by atomic mass is 16.2. The second-order valence-electron chi connectivity index (χ2n) is 6.99. The summed E-state index contributed by atoms with van der Waals surface area (Å²) in [4.78, 5) is 27.7. The van der Waals surface area contributed by atoms with Crippen LogP contribution in [0, 0.1) is 6.92 Å². The van der Waals surface area contributed by atoms with Gasteiger partial charge >= 0.3 is 6.03 Å². The summed E-state index contributed by atoms with van der Waals surface area (Å²) in [5.74, 6) is 0.943. The zero-order valence-corrected chi connectivity index (χ0v) is 15.6. The van der Waals surface area contributed by atoms with Gasteiger partial charge in [-0.05, 0) is 39.8 Å². The summed E-state index contributed by atoms with van der Waals surface area (Å²) in [5.41, 5.74) is 2.82. The van der Waals surface area contributed by atoms with Crippen molar-refractivity contribution in [3.8, 4) is 0 Å². The number of nitrogens with one attached hydrogen (secondary N) is 2. The molecule has 2 amide bonds. The Balaban J connectivity index is 1.95. The number of pyridine rings is 1. The number of amides is 2. The van der Waals surface area contributed by atoms with Crippen LogP contribution in [0.15, 0.2) is 25.3 Å². The molecule has 138 valence electrons. The highest BCUT2D eigenvalue weighted by Gasteiger charge is 2.28. The van der Waals surface area contributed by atoms with Crippen LogP contribution in [0.5, 0.6) is 0 Å². The summed E-state index contributed by atoms with van der Waals surface area (Å²) in [5, 5.41) is 7.07. The molecular formula is C19H26N6O. The van der Waals surface area contributed by atoms with Gasteiger partial charge in [-0.3, -0.25) is 0 Å². The minimum absolute atomic E-state index is 0.00420. The molecule has 3 heterocycles. The number of piperidine rings is 1. The van der Waals surface area contributed by atoms with Crippen molar-refractivity contribution >= 4 is 22.8 Å². The zero-order chi connectivity index (χ0) is 18.7. The summed E-state index contributed by atoms with van der Waals surface area (Å²) in [7, 11) is 0. The van der Waals surface area contributed by atoms with E-state index in [0.29, 0.717) is 6.54 Å². The minimum Gasteiger partial charge on any atom is -0.347 e. The van der Waals surface area contributed by atoms with E-state index in [4.69, 9.17) is 0 Å². The predicted octanol–water partition coefficient (Wildman–Crippen LogP) is 3.19. The van der Waals surface area contributed by atoms with E-state index in [2.05, 4.69) is 32.2 Å². The van der Waals surface area contributed by atoms with Gasteiger partial charge in [-0.15, -0.1) is 0 Å². The Bertz CT molecular complexity index is 819. The molecule has 2 aromatic rings. The van der Waals surface area contributed by atoms with Crippen molar-refractivity contribution < 1.29 is 4.79 Å². The summed E-state index contributed by atoms with van der Waals surface area (Å²) in [6.45, 7) is 11.1. The molecule has 2 aromatic heterocycles. The first-order valence-corrected chi connectivity index (χ1v) is 9.04. The molecule has 1 saturated heterocycles. The first kappa shape index (κ1) is 18.1. The van der Waals surface area contributed by atoms with Crippen molar-refractivity contribution in [3.05, 3.63) is 36.6 Å². The van der Waals surface area contributed by atoms with Crippen LogP contribution in [0.4, 0.5) is 10.6 Å². The number of carbonyl (C=O) groups is 1. The molecule has 1 aliphatic heterocycles. The lowest BCUT2D eigenvalue weighted by atomic mass is 9.91.